The number of amides is 2. The molecule has 0 aliphatic heterocycles. The minimum absolute atomic E-state index is 0.0471. The Labute approximate surface area is 218 Å². The van der Waals surface area contributed by atoms with E-state index in [1.807, 2.05) is 32.3 Å². The molecule has 10 nitrogen and oxygen atoms in total. The number of nitrogens with zero attached hydrogens (tertiary/aromatic N) is 4. The van der Waals surface area contributed by atoms with Gasteiger partial charge in [-0.2, -0.15) is 0 Å². The summed E-state index contributed by atoms with van der Waals surface area (Å²) in [6, 6.07) is 10.4. The van der Waals surface area contributed by atoms with E-state index in [9.17, 15) is 19.7 Å². The molecule has 0 unspecified atom stereocenters. The lowest BCUT2D eigenvalue weighted by atomic mass is 10.0. The molecule has 0 aliphatic carbocycles. The van der Waals surface area contributed by atoms with Crippen LogP contribution in [0.15, 0.2) is 47.6 Å². The van der Waals surface area contributed by atoms with Crippen LogP contribution in [0.3, 0.4) is 0 Å². The molecule has 190 valence electrons. The van der Waals surface area contributed by atoms with E-state index in [0.29, 0.717) is 28.2 Å². The summed E-state index contributed by atoms with van der Waals surface area (Å²) in [4.78, 5) is 36.0. The Hall–Kier alpha value is -3.44. The van der Waals surface area contributed by atoms with Crippen LogP contribution in [-0.2, 0) is 11.3 Å². The van der Waals surface area contributed by atoms with Crippen LogP contribution in [-0.4, -0.2) is 37.3 Å². The first-order valence-corrected chi connectivity index (χ1v) is 12.6. The summed E-state index contributed by atoms with van der Waals surface area (Å²) < 4.78 is 1.85. The smallest absolute Gasteiger partial charge is 0.270 e. The van der Waals surface area contributed by atoms with Crippen LogP contribution in [0.5, 0.6) is 0 Å². The van der Waals surface area contributed by atoms with Gasteiger partial charge in [-0.1, -0.05) is 49.3 Å². The van der Waals surface area contributed by atoms with Crippen molar-refractivity contribution in [3.8, 4) is 0 Å². The largest absolute Gasteiger partial charge is 0.342 e. The van der Waals surface area contributed by atoms with E-state index < -0.39 is 16.9 Å². The van der Waals surface area contributed by atoms with Crippen molar-refractivity contribution in [3.63, 3.8) is 0 Å². The van der Waals surface area contributed by atoms with Crippen LogP contribution < -0.4 is 10.6 Å². The van der Waals surface area contributed by atoms with Gasteiger partial charge < -0.3 is 15.2 Å². The zero-order valence-corrected chi connectivity index (χ0v) is 21.9. The predicted molar refractivity (Wildman–Crippen MR) is 139 cm³/mol. The molecule has 0 saturated heterocycles. The van der Waals surface area contributed by atoms with Crippen molar-refractivity contribution in [1.29, 1.82) is 0 Å². The number of carbonyl (C=O) groups is 2. The van der Waals surface area contributed by atoms with Crippen molar-refractivity contribution in [2.24, 2.45) is 5.92 Å². The van der Waals surface area contributed by atoms with Crippen LogP contribution in [0.25, 0.3) is 0 Å². The van der Waals surface area contributed by atoms with E-state index in [-0.39, 0.29) is 28.8 Å². The standard InChI is InChI=1S/C24H27ClN6O4S/c1-5-30-22(21(14(2)3)27-23(33)16-8-6-9-17(12-16)31(34)35)28-29-24(30)36-13-20(32)26-19-11-7-10-18(25)15(19)4/h6-12,14,21H,5,13H2,1-4H3,(H,26,32)(H,27,33)/t21-/m1/s1. The maximum absolute atomic E-state index is 12.9. The fraction of sp³-hybridized carbons (Fsp3) is 0.333. The second-order valence-corrected chi connectivity index (χ2v) is 9.69. The molecule has 36 heavy (non-hydrogen) atoms. The molecule has 0 radical (unpaired) electrons. The van der Waals surface area contributed by atoms with Crippen molar-refractivity contribution in [2.75, 3.05) is 11.1 Å². The van der Waals surface area contributed by atoms with Gasteiger partial charge in [0.25, 0.3) is 11.6 Å². The number of anilines is 1. The topological polar surface area (TPSA) is 132 Å². The second kappa shape index (κ2) is 12.0. The second-order valence-electron chi connectivity index (χ2n) is 8.34. The van der Waals surface area contributed by atoms with Gasteiger partial charge >= 0.3 is 0 Å². The molecular weight excluding hydrogens is 504 g/mol. The number of non-ortho nitro benzene ring substituents is 1. The Morgan fingerprint density at radius 2 is 1.92 bits per heavy atom. The highest BCUT2D eigenvalue weighted by Crippen LogP contribution is 2.27. The lowest BCUT2D eigenvalue weighted by molar-refractivity contribution is -0.384. The molecule has 2 aromatic carbocycles. The molecule has 0 spiro atoms. The number of nitrogens with one attached hydrogen (secondary N) is 2. The van der Waals surface area contributed by atoms with Crippen LogP contribution >= 0.6 is 23.4 Å². The molecule has 1 heterocycles. The first kappa shape index (κ1) is 27.2. The zero-order valence-electron chi connectivity index (χ0n) is 20.3. The number of thioether (sulfide) groups is 1. The van der Waals surface area contributed by atoms with Gasteiger partial charge in [0, 0.05) is 35.0 Å². The summed E-state index contributed by atoms with van der Waals surface area (Å²) in [5.74, 6) is -0.0596. The Balaban J connectivity index is 1.74. The number of nitro benzene ring substituents is 1. The highest BCUT2D eigenvalue weighted by Gasteiger charge is 2.26. The molecule has 0 bridgehead atoms. The lowest BCUT2D eigenvalue weighted by Gasteiger charge is -2.22. The number of rotatable bonds is 10. The van der Waals surface area contributed by atoms with E-state index in [1.54, 1.807) is 18.2 Å². The van der Waals surface area contributed by atoms with E-state index in [0.717, 1.165) is 5.56 Å². The van der Waals surface area contributed by atoms with Crippen molar-refractivity contribution < 1.29 is 14.5 Å². The van der Waals surface area contributed by atoms with Gasteiger partial charge in [-0.05, 0) is 43.5 Å². The summed E-state index contributed by atoms with van der Waals surface area (Å²) in [7, 11) is 0. The van der Waals surface area contributed by atoms with Crippen molar-refractivity contribution >= 4 is 46.6 Å². The molecule has 3 aromatic rings. The monoisotopic (exact) mass is 530 g/mol. The molecular formula is C24H27ClN6O4S. The summed E-state index contributed by atoms with van der Waals surface area (Å²) in [5, 5.41) is 26.5. The van der Waals surface area contributed by atoms with Crippen molar-refractivity contribution in [2.45, 2.75) is 45.4 Å². The average Bonchev–Trinajstić information content (AvgIpc) is 3.26. The Morgan fingerprint density at radius 1 is 1.19 bits per heavy atom. The quantitative estimate of drug-likeness (QED) is 0.213. The molecule has 2 N–H and O–H groups in total. The number of benzene rings is 2. The molecule has 0 aliphatic rings. The van der Waals surface area contributed by atoms with E-state index in [2.05, 4.69) is 20.8 Å². The van der Waals surface area contributed by atoms with Gasteiger partial charge in [-0.25, -0.2) is 0 Å². The van der Waals surface area contributed by atoms with Gasteiger partial charge in [-0.3, -0.25) is 19.7 Å². The SMILES string of the molecule is CCn1c(SCC(=O)Nc2cccc(Cl)c2C)nnc1[C@H](NC(=O)c1cccc([N+](=O)[O-])c1)C(C)C. The third-order valence-electron chi connectivity index (χ3n) is 5.49. The maximum atomic E-state index is 12.9. The van der Waals surface area contributed by atoms with Gasteiger partial charge in [0.1, 0.15) is 0 Å². The normalized spacial score (nSPS) is 11.8. The molecule has 2 amide bonds. The van der Waals surface area contributed by atoms with Crippen LogP contribution in [0.4, 0.5) is 11.4 Å². The van der Waals surface area contributed by atoms with E-state index in [1.165, 1.54) is 36.0 Å². The highest BCUT2D eigenvalue weighted by molar-refractivity contribution is 7.99. The summed E-state index contributed by atoms with van der Waals surface area (Å²) in [5.41, 5.74) is 1.45. The first-order valence-electron chi connectivity index (χ1n) is 11.3. The lowest BCUT2D eigenvalue weighted by Crippen LogP contribution is -2.33. The predicted octanol–water partition coefficient (Wildman–Crippen LogP) is 5.03. The maximum Gasteiger partial charge on any atom is 0.270 e. The van der Waals surface area contributed by atoms with Crippen molar-refractivity contribution in [3.05, 3.63) is 74.6 Å². The first-order chi connectivity index (χ1) is 17.1. The number of halogens is 1. The zero-order chi connectivity index (χ0) is 26.4. The fourth-order valence-electron chi connectivity index (χ4n) is 3.51. The molecule has 1 aromatic heterocycles. The molecule has 0 fully saturated rings. The number of carbonyl (C=O) groups excluding carboxylic acids is 2. The minimum Gasteiger partial charge on any atom is -0.342 e. The third-order valence-corrected chi connectivity index (χ3v) is 6.86. The Kier molecular flexibility index (Phi) is 9.05. The number of nitro groups is 1. The number of hydrogen-bond donors (Lipinski definition) is 2. The van der Waals surface area contributed by atoms with Crippen molar-refractivity contribution in [1.82, 2.24) is 20.1 Å². The van der Waals surface area contributed by atoms with E-state index in [4.69, 9.17) is 11.6 Å². The molecule has 3 rings (SSSR count). The number of aromatic nitrogens is 3. The van der Waals surface area contributed by atoms with Gasteiger partial charge in [0.15, 0.2) is 11.0 Å². The van der Waals surface area contributed by atoms with Gasteiger partial charge in [0.2, 0.25) is 5.91 Å². The third kappa shape index (κ3) is 6.41. The van der Waals surface area contributed by atoms with E-state index >= 15 is 0 Å². The summed E-state index contributed by atoms with van der Waals surface area (Å²) in [6.45, 7) is 8.14. The van der Waals surface area contributed by atoms with Crippen LogP contribution in [0.2, 0.25) is 5.02 Å². The summed E-state index contributed by atoms with van der Waals surface area (Å²) in [6.07, 6.45) is 0. The highest BCUT2D eigenvalue weighted by atomic mass is 35.5. The molecule has 1 atom stereocenters. The molecule has 12 heteroatoms. The minimum atomic E-state index is -0.544. The number of hydrogen-bond acceptors (Lipinski definition) is 7. The Morgan fingerprint density at radius 3 is 2.58 bits per heavy atom. The van der Waals surface area contributed by atoms with Gasteiger partial charge in [0.05, 0.1) is 16.7 Å². The molecule has 0 saturated carbocycles. The van der Waals surface area contributed by atoms with Gasteiger partial charge in [-0.15, -0.1) is 10.2 Å². The average molecular weight is 531 g/mol. The summed E-state index contributed by atoms with van der Waals surface area (Å²) >= 11 is 7.36. The van der Waals surface area contributed by atoms with Crippen LogP contribution in [0.1, 0.15) is 48.6 Å². The van der Waals surface area contributed by atoms with Crippen LogP contribution in [0, 0.1) is 23.0 Å². The fourth-order valence-corrected chi connectivity index (χ4v) is 4.49. The Bertz CT molecular complexity index is 1280.